The highest BCUT2D eigenvalue weighted by Crippen LogP contribution is 2.38. The molecule has 2 aromatic rings. The van der Waals surface area contributed by atoms with E-state index in [1.54, 1.807) is 21.3 Å². The Hall–Kier alpha value is -2.24. The molecule has 0 saturated carbocycles. The van der Waals surface area contributed by atoms with Gasteiger partial charge < -0.3 is 19.5 Å². The van der Waals surface area contributed by atoms with Gasteiger partial charge in [-0.25, -0.2) is 0 Å². The third-order valence-corrected chi connectivity index (χ3v) is 4.84. The zero-order chi connectivity index (χ0) is 18.4. The number of benzene rings is 2. The van der Waals surface area contributed by atoms with Crippen LogP contribution in [0.1, 0.15) is 17.5 Å². The summed E-state index contributed by atoms with van der Waals surface area (Å²) in [6.07, 6.45) is 1.16. The van der Waals surface area contributed by atoms with Gasteiger partial charge in [-0.1, -0.05) is 30.3 Å². The lowest BCUT2D eigenvalue weighted by Gasteiger charge is -2.18. The molecule has 1 fully saturated rings. The van der Waals surface area contributed by atoms with Crippen molar-refractivity contribution in [1.82, 2.24) is 10.2 Å². The average Bonchev–Trinajstić information content (AvgIpc) is 3.13. The van der Waals surface area contributed by atoms with Crippen molar-refractivity contribution in [1.29, 1.82) is 0 Å². The highest BCUT2D eigenvalue weighted by atomic mass is 16.5. The Balaban J connectivity index is 1.56. The Bertz CT molecular complexity index is 681. The minimum Gasteiger partial charge on any atom is -0.493 e. The van der Waals surface area contributed by atoms with Crippen LogP contribution in [-0.4, -0.2) is 45.4 Å². The van der Waals surface area contributed by atoms with E-state index < -0.39 is 0 Å². The number of ether oxygens (including phenoxy) is 3. The summed E-state index contributed by atoms with van der Waals surface area (Å²) in [7, 11) is 4.91. The second-order valence-electron chi connectivity index (χ2n) is 6.62. The predicted molar refractivity (Wildman–Crippen MR) is 103 cm³/mol. The fourth-order valence-electron chi connectivity index (χ4n) is 3.48. The van der Waals surface area contributed by atoms with Crippen LogP contribution in [0.3, 0.4) is 0 Å². The highest BCUT2D eigenvalue weighted by molar-refractivity contribution is 5.53. The van der Waals surface area contributed by atoms with Crippen molar-refractivity contribution >= 4 is 0 Å². The summed E-state index contributed by atoms with van der Waals surface area (Å²) < 4.78 is 16.3. The maximum atomic E-state index is 5.43. The van der Waals surface area contributed by atoms with Crippen molar-refractivity contribution in [2.75, 3.05) is 34.4 Å². The van der Waals surface area contributed by atoms with Gasteiger partial charge in [-0.3, -0.25) is 4.90 Å². The van der Waals surface area contributed by atoms with Crippen molar-refractivity contribution in [2.24, 2.45) is 0 Å². The van der Waals surface area contributed by atoms with Crippen molar-refractivity contribution in [3.63, 3.8) is 0 Å². The predicted octanol–water partition coefficient (Wildman–Crippen LogP) is 3.08. The molecule has 1 saturated heterocycles. The van der Waals surface area contributed by atoms with E-state index in [4.69, 9.17) is 14.2 Å². The summed E-state index contributed by atoms with van der Waals surface area (Å²) in [5.41, 5.74) is 2.50. The zero-order valence-corrected chi connectivity index (χ0v) is 15.8. The molecule has 0 amide bonds. The molecule has 1 aliphatic rings. The maximum Gasteiger partial charge on any atom is 0.203 e. The molecule has 0 aromatic heterocycles. The van der Waals surface area contributed by atoms with Crippen LogP contribution in [0.2, 0.25) is 0 Å². The normalized spacial score (nSPS) is 17.3. The molecule has 0 aliphatic carbocycles. The van der Waals surface area contributed by atoms with Crippen LogP contribution in [0, 0.1) is 0 Å². The van der Waals surface area contributed by atoms with Gasteiger partial charge in [0.25, 0.3) is 0 Å². The fraction of sp³-hybridized carbons (Fsp3) is 0.429. The van der Waals surface area contributed by atoms with E-state index in [0.717, 1.165) is 38.2 Å². The monoisotopic (exact) mass is 356 g/mol. The first kappa shape index (κ1) is 18.5. The summed E-state index contributed by atoms with van der Waals surface area (Å²) in [5.74, 6) is 2.02. The summed E-state index contributed by atoms with van der Waals surface area (Å²) in [6.45, 7) is 3.99. The zero-order valence-electron chi connectivity index (χ0n) is 15.8. The van der Waals surface area contributed by atoms with Gasteiger partial charge in [0.15, 0.2) is 11.5 Å². The molecule has 5 heteroatoms. The number of likely N-dealkylation sites (tertiary alicyclic amines) is 1. The van der Waals surface area contributed by atoms with E-state index in [9.17, 15) is 0 Å². The highest BCUT2D eigenvalue weighted by Gasteiger charge is 2.22. The summed E-state index contributed by atoms with van der Waals surface area (Å²) >= 11 is 0. The van der Waals surface area contributed by atoms with Crippen molar-refractivity contribution in [3.8, 4) is 17.2 Å². The topological polar surface area (TPSA) is 43.0 Å². The third kappa shape index (κ3) is 4.48. The van der Waals surface area contributed by atoms with Crippen LogP contribution in [0.4, 0.5) is 0 Å². The molecule has 5 nitrogen and oxygen atoms in total. The number of hydrogen-bond donors (Lipinski definition) is 1. The number of methoxy groups -OCH3 is 3. The second-order valence-corrected chi connectivity index (χ2v) is 6.62. The van der Waals surface area contributed by atoms with Crippen LogP contribution in [0.15, 0.2) is 42.5 Å². The van der Waals surface area contributed by atoms with E-state index in [1.807, 2.05) is 12.1 Å². The van der Waals surface area contributed by atoms with Gasteiger partial charge in [-0.15, -0.1) is 0 Å². The van der Waals surface area contributed by atoms with E-state index in [2.05, 4.69) is 40.5 Å². The molecule has 1 N–H and O–H groups in total. The number of hydrogen-bond acceptors (Lipinski definition) is 5. The molecule has 26 heavy (non-hydrogen) atoms. The summed E-state index contributed by atoms with van der Waals surface area (Å²) in [5, 5.41) is 3.66. The summed E-state index contributed by atoms with van der Waals surface area (Å²) in [6, 6.07) is 15.2. The van der Waals surface area contributed by atoms with E-state index in [1.165, 1.54) is 5.56 Å². The smallest absolute Gasteiger partial charge is 0.203 e. The molecule has 0 bridgehead atoms. The number of nitrogens with zero attached hydrogens (tertiary/aromatic N) is 1. The molecule has 140 valence electrons. The minimum atomic E-state index is 0.498. The van der Waals surface area contributed by atoms with Gasteiger partial charge in [0, 0.05) is 32.2 Å². The van der Waals surface area contributed by atoms with E-state index in [-0.39, 0.29) is 0 Å². The first-order valence-electron chi connectivity index (χ1n) is 9.02. The molecule has 1 aliphatic heterocycles. The van der Waals surface area contributed by atoms with Crippen LogP contribution >= 0.6 is 0 Å². The lowest BCUT2D eigenvalue weighted by Crippen LogP contribution is -2.32. The van der Waals surface area contributed by atoms with Crippen molar-refractivity contribution < 1.29 is 14.2 Å². The average molecular weight is 356 g/mol. The second kappa shape index (κ2) is 8.92. The molecule has 1 heterocycles. The van der Waals surface area contributed by atoms with Gasteiger partial charge in [-0.05, 0) is 29.7 Å². The summed E-state index contributed by atoms with van der Waals surface area (Å²) in [4.78, 5) is 2.50. The molecule has 3 rings (SSSR count). The number of rotatable bonds is 8. The SMILES string of the molecule is COc1cc(CNC2CCN(Cc3ccccc3)C2)cc(OC)c1OC. The minimum absolute atomic E-state index is 0.498. The maximum absolute atomic E-state index is 5.43. The Labute approximate surface area is 155 Å². The first-order valence-corrected chi connectivity index (χ1v) is 9.02. The van der Waals surface area contributed by atoms with Crippen LogP contribution in [0.5, 0.6) is 17.2 Å². The van der Waals surface area contributed by atoms with Gasteiger partial charge in [0.2, 0.25) is 5.75 Å². The van der Waals surface area contributed by atoms with Crippen molar-refractivity contribution in [2.45, 2.75) is 25.6 Å². The van der Waals surface area contributed by atoms with Gasteiger partial charge >= 0.3 is 0 Å². The standard InChI is InChI=1S/C21H28N2O3/c1-24-19-11-17(12-20(25-2)21(19)26-3)13-22-18-9-10-23(15-18)14-16-7-5-4-6-8-16/h4-8,11-12,18,22H,9-10,13-15H2,1-3H3. The lowest BCUT2D eigenvalue weighted by molar-refractivity contribution is 0.318. The van der Waals surface area contributed by atoms with Gasteiger partial charge in [-0.2, -0.15) is 0 Å². The Morgan fingerprint density at radius 1 is 0.962 bits per heavy atom. The van der Waals surface area contributed by atoms with Gasteiger partial charge in [0.1, 0.15) is 0 Å². The largest absolute Gasteiger partial charge is 0.493 e. The molecule has 0 spiro atoms. The van der Waals surface area contributed by atoms with Crippen LogP contribution in [0.25, 0.3) is 0 Å². The Morgan fingerprint density at radius 2 is 1.65 bits per heavy atom. The Morgan fingerprint density at radius 3 is 2.27 bits per heavy atom. The van der Waals surface area contributed by atoms with E-state index >= 15 is 0 Å². The van der Waals surface area contributed by atoms with E-state index in [0.29, 0.717) is 23.3 Å². The molecular weight excluding hydrogens is 328 g/mol. The molecule has 1 unspecified atom stereocenters. The fourth-order valence-corrected chi connectivity index (χ4v) is 3.48. The Kier molecular flexibility index (Phi) is 6.36. The molecular formula is C21H28N2O3. The molecule has 0 radical (unpaired) electrons. The molecule has 1 atom stereocenters. The quantitative estimate of drug-likeness (QED) is 0.787. The number of nitrogens with one attached hydrogen (secondary N) is 1. The van der Waals surface area contributed by atoms with Crippen LogP contribution in [-0.2, 0) is 13.1 Å². The lowest BCUT2D eigenvalue weighted by atomic mass is 10.1. The first-order chi connectivity index (χ1) is 12.7. The third-order valence-electron chi connectivity index (χ3n) is 4.84. The molecule has 2 aromatic carbocycles. The van der Waals surface area contributed by atoms with Gasteiger partial charge in [0.05, 0.1) is 21.3 Å². The van der Waals surface area contributed by atoms with Crippen LogP contribution < -0.4 is 19.5 Å². The van der Waals surface area contributed by atoms with Crippen molar-refractivity contribution in [3.05, 3.63) is 53.6 Å².